The summed E-state index contributed by atoms with van der Waals surface area (Å²) in [4.78, 5) is 0. The van der Waals surface area contributed by atoms with Crippen molar-refractivity contribution in [2.24, 2.45) is 0 Å². The van der Waals surface area contributed by atoms with E-state index in [1.54, 1.807) is 0 Å². The smallest absolute Gasteiger partial charge is 0.152 e. The Balaban J connectivity index is 2.25. The number of rotatable bonds is 10. The van der Waals surface area contributed by atoms with Crippen LogP contribution in [0.25, 0.3) is 0 Å². The lowest BCUT2D eigenvalue weighted by Gasteiger charge is -2.14. The van der Waals surface area contributed by atoms with Crippen LogP contribution in [-0.2, 0) is 4.74 Å². The first-order chi connectivity index (χ1) is 10.0. The van der Waals surface area contributed by atoms with Gasteiger partial charge in [0.1, 0.15) is 11.5 Å². The molecule has 1 aromatic rings. The van der Waals surface area contributed by atoms with Crippen LogP contribution in [0.5, 0.6) is 0 Å². The van der Waals surface area contributed by atoms with Crippen molar-refractivity contribution < 1.29 is 23.0 Å². The molecule has 1 atom stereocenters. The lowest BCUT2D eigenvalue weighted by Crippen LogP contribution is -2.25. The van der Waals surface area contributed by atoms with E-state index >= 15 is 0 Å². The van der Waals surface area contributed by atoms with Crippen molar-refractivity contribution in [3.63, 3.8) is 0 Å². The number of aliphatic hydroxyl groups excluding tert-OH is 1. The molecule has 0 spiro atoms. The summed E-state index contributed by atoms with van der Waals surface area (Å²) in [7, 11) is 0. The van der Waals surface area contributed by atoms with Gasteiger partial charge in [-0.05, 0) is 6.42 Å². The molecule has 0 saturated heterocycles. The molecule has 6 heteroatoms. The van der Waals surface area contributed by atoms with Gasteiger partial charge in [0.25, 0.3) is 0 Å². The van der Waals surface area contributed by atoms with Crippen LogP contribution in [0.15, 0.2) is 12.1 Å². The van der Waals surface area contributed by atoms with Gasteiger partial charge in [0, 0.05) is 25.3 Å². The predicted molar refractivity (Wildman–Crippen MR) is 75.8 cm³/mol. The van der Waals surface area contributed by atoms with E-state index in [4.69, 9.17) is 4.74 Å². The first kappa shape index (κ1) is 17.8. The monoisotopic (exact) mass is 305 g/mol. The summed E-state index contributed by atoms with van der Waals surface area (Å²) in [6.07, 6.45) is 3.41. The van der Waals surface area contributed by atoms with Gasteiger partial charge in [-0.25, -0.2) is 13.2 Å². The number of halogens is 3. The average Bonchev–Trinajstić information content (AvgIpc) is 2.41. The number of benzene rings is 1. The molecule has 0 aliphatic rings. The average molecular weight is 305 g/mol. The highest BCUT2D eigenvalue weighted by atomic mass is 19.1. The number of aliphatic hydroxyl groups is 1. The second-order valence-corrected chi connectivity index (χ2v) is 4.91. The number of hydrogen-bond donors (Lipinski definition) is 2. The van der Waals surface area contributed by atoms with E-state index in [0.717, 1.165) is 25.7 Å². The van der Waals surface area contributed by atoms with E-state index in [0.29, 0.717) is 18.7 Å². The van der Waals surface area contributed by atoms with Crippen LogP contribution >= 0.6 is 0 Å². The molecule has 0 amide bonds. The van der Waals surface area contributed by atoms with Gasteiger partial charge in [-0.1, -0.05) is 26.2 Å². The fraction of sp³-hybridized carbons (Fsp3) is 0.600. The fourth-order valence-electron chi connectivity index (χ4n) is 1.84. The lowest BCUT2D eigenvalue weighted by atomic mass is 10.2. The minimum absolute atomic E-state index is 0.0750. The molecule has 0 saturated carbocycles. The topological polar surface area (TPSA) is 41.5 Å². The van der Waals surface area contributed by atoms with Gasteiger partial charge in [-0.3, -0.25) is 0 Å². The van der Waals surface area contributed by atoms with Crippen molar-refractivity contribution in [2.75, 3.05) is 25.1 Å². The molecule has 0 radical (unpaired) electrons. The van der Waals surface area contributed by atoms with Crippen LogP contribution in [-0.4, -0.2) is 31.0 Å². The van der Waals surface area contributed by atoms with Crippen molar-refractivity contribution >= 4 is 5.69 Å². The third-order valence-electron chi connectivity index (χ3n) is 2.97. The Labute approximate surface area is 123 Å². The highest BCUT2D eigenvalue weighted by Crippen LogP contribution is 2.19. The zero-order chi connectivity index (χ0) is 15.7. The maximum absolute atomic E-state index is 13.3. The second kappa shape index (κ2) is 9.63. The van der Waals surface area contributed by atoms with E-state index in [1.807, 2.05) is 0 Å². The number of anilines is 1. The van der Waals surface area contributed by atoms with Gasteiger partial charge < -0.3 is 15.2 Å². The SMILES string of the molecule is CCCCCCOCC(O)CNc1c(F)cc(F)cc1F. The predicted octanol–water partition coefficient (Wildman–Crippen LogP) is 3.47. The molecule has 1 aromatic carbocycles. The molecule has 0 bridgehead atoms. The molecule has 1 rings (SSSR count). The van der Waals surface area contributed by atoms with E-state index < -0.39 is 29.2 Å². The molecule has 21 heavy (non-hydrogen) atoms. The van der Waals surface area contributed by atoms with Gasteiger partial charge in [0.05, 0.1) is 12.7 Å². The molecule has 0 aromatic heterocycles. The quantitative estimate of drug-likeness (QED) is 0.650. The molecule has 0 aliphatic heterocycles. The Morgan fingerprint density at radius 2 is 1.81 bits per heavy atom. The van der Waals surface area contributed by atoms with Crippen LogP contribution in [0.4, 0.5) is 18.9 Å². The maximum Gasteiger partial charge on any atom is 0.152 e. The molecular weight excluding hydrogens is 283 g/mol. The summed E-state index contributed by atoms with van der Waals surface area (Å²) in [6, 6.07) is 1.17. The summed E-state index contributed by atoms with van der Waals surface area (Å²) in [5.74, 6) is -3.04. The highest BCUT2D eigenvalue weighted by Gasteiger charge is 2.13. The molecule has 3 nitrogen and oxygen atoms in total. The number of unbranched alkanes of at least 4 members (excludes halogenated alkanes) is 3. The van der Waals surface area contributed by atoms with Crippen molar-refractivity contribution in [3.05, 3.63) is 29.6 Å². The van der Waals surface area contributed by atoms with Crippen molar-refractivity contribution in [1.29, 1.82) is 0 Å². The third kappa shape index (κ3) is 6.82. The summed E-state index contributed by atoms with van der Waals surface area (Å²) in [5, 5.41) is 12.1. The third-order valence-corrected chi connectivity index (χ3v) is 2.97. The van der Waals surface area contributed by atoms with Gasteiger partial charge in [-0.2, -0.15) is 0 Å². The molecule has 1 unspecified atom stereocenters. The Kier molecular flexibility index (Phi) is 8.15. The second-order valence-electron chi connectivity index (χ2n) is 4.91. The van der Waals surface area contributed by atoms with E-state index in [9.17, 15) is 18.3 Å². The summed E-state index contributed by atoms with van der Waals surface area (Å²) in [6.45, 7) is 2.68. The fourth-order valence-corrected chi connectivity index (χ4v) is 1.84. The van der Waals surface area contributed by atoms with Crippen molar-refractivity contribution in [3.8, 4) is 0 Å². The van der Waals surface area contributed by atoms with Gasteiger partial charge in [-0.15, -0.1) is 0 Å². The number of hydrogen-bond acceptors (Lipinski definition) is 3. The first-order valence-electron chi connectivity index (χ1n) is 7.18. The number of ether oxygens (including phenoxy) is 1. The maximum atomic E-state index is 13.3. The van der Waals surface area contributed by atoms with E-state index in [2.05, 4.69) is 12.2 Å². The normalized spacial score (nSPS) is 12.4. The Hall–Kier alpha value is -1.27. The van der Waals surface area contributed by atoms with Crippen LogP contribution in [0.2, 0.25) is 0 Å². The van der Waals surface area contributed by atoms with Crippen LogP contribution in [0.1, 0.15) is 32.6 Å². The molecule has 0 heterocycles. The molecule has 0 aliphatic carbocycles. The largest absolute Gasteiger partial charge is 0.389 e. The summed E-state index contributed by atoms with van der Waals surface area (Å²) in [5.41, 5.74) is -0.446. The van der Waals surface area contributed by atoms with Gasteiger partial charge in [0.15, 0.2) is 11.6 Å². The Bertz CT molecular complexity index is 406. The number of nitrogens with one attached hydrogen (secondary N) is 1. The lowest BCUT2D eigenvalue weighted by molar-refractivity contribution is 0.0416. The molecule has 120 valence electrons. The molecular formula is C15H22F3NO2. The highest BCUT2D eigenvalue weighted by molar-refractivity contribution is 5.46. The summed E-state index contributed by atoms with van der Waals surface area (Å²) >= 11 is 0. The van der Waals surface area contributed by atoms with E-state index in [-0.39, 0.29) is 13.2 Å². The molecule has 0 fully saturated rings. The van der Waals surface area contributed by atoms with Crippen LogP contribution in [0, 0.1) is 17.5 Å². The van der Waals surface area contributed by atoms with Crippen LogP contribution < -0.4 is 5.32 Å². The zero-order valence-electron chi connectivity index (χ0n) is 12.2. The van der Waals surface area contributed by atoms with Gasteiger partial charge >= 0.3 is 0 Å². The first-order valence-corrected chi connectivity index (χ1v) is 7.18. The Morgan fingerprint density at radius 1 is 1.14 bits per heavy atom. The molecule has 2 N–H and O–H groups in total. The van der Waals surface area contributed by atoms with Crippen LogP contribution in [0.3, 0.4) is 0 Å². The zero-order valence-corrected chi connectivity index (χ0v) is 12.2. The summed E-state index contributed by atoms with van der Waals surface area (Å²) < 4.78 is 44.7. The van der Waals surface area contributed by atoms with Crippen molar-refractivity contribution in [1.82, 2.24) is 0 Å². The van der Waals surface area contributed by atoms with Gasteiger partial charge in [0.2, 0.25) is 0 Å². The standard InChI is InChI=1S/C15H22F3NO2/c1-2-3-4-5-6-21-10-12(20)9-19-15-13(17)7-11(16)8-14(15)18/h7-8,12,19-20H,2-6,9-10H2,1H3. The van der Waals surface area contributed by atoms with Crippen molar-refractivity contribution in [2.45, 2.75) is 38.7 Å². The van der Waals surface area contributed by atoms with E-state index in [1.165, 1.54) is 0 Å². The minimum atomic E-state index is -1.03. The Morgan fingerprint density at radius 3 is 2.43 bits per heavy atom. The minimum Gasteiger partial charge on any atom is -0.389 e.